The fraction of sp³-hybridized carbons (Fsp3) is 0.647. The molecule has 0 atom stereocenters. The zero-order valence-corrected chi connectivity index (χ0v) is 15.6. The molecule has 1 spiro atoms. The van der Waals surface area contributed by atoms with E-state index in [1.165, 1.54) is 25.7 Å². The van der Waals surface area contributed by atoms with Crippen molar-refractivity contribution in [1.82, 2.24) is 0 Å². The summed E-state index contributed by atoms with van der Waals surface area (Å²) in [5, 5.41) is 3.33. The Balaban J connectivity index is 2.49. The predicted molar refractivity (Wildman–Crippen MR) is 92.9 cm³/mol. The molecule has 1 fully saturated rings. The van der Waals surface area contributed by atoms with Crippen LogP contribution in [0.2, 0.25) is 39.3 Å². The zero-order valence-electron chi connectivity index (χ0n) is 13.6. The lowest BCUT2D eigenvalue weighted by atomic mass is 9.86. The minimum absolute atomic E-state index is 0.396. The molecule has 0 unspecified atom stereocenters. The van der Waals surface area contributed by atoms with Crippen molar-refractivity contribution in [2.24, 2.45) is 5.41 Å². The molecule has 0 radical (unpaired) electrons. The van der Waals surface area contributed by atoms with Crippen LogP contribution in [0.5, 0.6) is 0 Å². The summed E-state index contributed by atoms with van der Waals surface area (Å²) >= 11 is 0. The fourth-order valence-corrected chi connectivity index (χ4v) is 5.74. The summed E-state index contributed by atoms with van der Waals surface area (Å²) in [7, 11) is -2.46. The van der Waals surface area contributed by atoms with Gasteiger partial charge in [-0.05, 0) is 12.8 Å². The molecular formula is C17H30Si2. The Morgan fingerprint density at radius 1 is 0.842 bits per heavy atom. The molecule has 1 saturated carbocycles. The molecule has 0 nitrogen and oxygen atoms in total. The third-order valence-electron chi connectivity index (χ3n) is 4.62. The number of hydrogen-bond donors (Lipinski definition) is 0. The van der Waals surface area contributed by atoms with Crippen LogP contribution in [0.1, 0.15) is 25.7 Å². The normalized spacial score (nSPS) is 23.3. The van der Waals surface area contributed by atoms with Crippen molar-refractivity contribution in [2.45, 2.75) is 65.0 Å². The summed E-state index contributed by atoms with van der Waals surface area (Å²) in [5.41, 5.74) is 0.396. The Kier molecular flexibility index (Phi) is 3.87. The summed E-state index contributed by atoms with van der Waals surface area (Å²) in [6.07, 6.45) is 15.8. The minimum Gasteiger partial charge on any atom is -0.0753 e. The van der Waals surface area contributed by atoms with E-state index in [0.29, 0.717) is 5.41 Å². The monoisotopic (exact) mass is 290 g/mol. The van der Waals surface area contributed by atoms with Crippen LogP contribution in [0.15, 0.2) is 34.7 Å². The van der Waals surface area contributed by atoms with Crippen LogP contribution >= 0.6 is 0 Å². The first-order valence-corrected chi connectivity index (χ1v) is 14.8. The predicted octanol–water partition coefficient (Wildman–Crippen LogP) is 5.72. The fourth-order valence-electron chi connectivity index (χ4n) is 3.11. The van der Waals surface area contributed by atoms with Gasteiger partial charge in [0.2, 0.25) is 0 Å². The van der Waals surface area contributed by atoms with Crippen molar-refractivity contribution in [2.75, 3.05) is 0 Å². The molecule has 106 valence electrons. The number of rotatable bonds is 2. The lowest BCUT2D eigenvalue weighted by Crippen LogP contribution is -2.27. The highest BCUT2D eigenvalue weighted by atomic mass is 28.3. The molecular weight excluding hydrogens is 260 g/mol. The molecule has 2 rings (SSSR count). The Hall–Kier alpha value is -0.346. The third kappa shape index (κ3) is 3.40. The Morgan fingerprint density at radius 3 is 1.84 bits per heavy atom. The summed E-state index contributed by atoms with van der Waals surface area (Å²) in [5.74, 6) is 0. The zero-order chi connectivity index (χ0) is 14.3. The van der Waals surface area contributed by atoms with E-state index in [-0.39, 0.29) is 0 Å². The summed E-state index contributed by atoms with van der Waals surface area (Å²) < 4.78 is 0. The molecule has 2 aliphatic carbocycles. The van der Waals surface area contributed by atoms with Crippen LogP contribution in [-0.4, -0.2) is 16.1 Å². The van der Waals surface area contributed by atoms with E-state index in [1.54, 1.807) is 10.4 Å². The van der Waals surface area contributed by atoms with Crippen molar-refractivity contribution < 1.29 is 0 Å². The standard InChI is InChI=1S/C17H30Si2/c1-18(2,3)15-9-12-17(10-7-8-11-17)14-16(13-15)19(4,5)6/h9,12-14H,7-8,10-11H2,1-6H3. The first kappa shape index (κ1) is 15.1. The lowest BCUT2D eigenvalue weighted by Gasteiger charge is -2.25. The maximum absolute atomic E-state index is 2.66. The van der Waals surface area contributed by atoms with Gasteiger partial charge in [0.1, 0.15) is 0 Å². The van der Waals surface area contributed by atoms with Crippen LogP contribution in [0.4, 0.5) is 0 Å². The minimum atomic E-state index is -1.24. The number of hydrogen-bond acceptors (Lipinski definition) is 0. The van der Waals surface area contributed by atoms with E-state index in [9.17, 15) is 0 Å². The van der Waals surface area contributed by atoms with Crippen molar-refractivity contribution >= 4 is 16.1 Å². The highest BCUT2D eigenvalue weighted by Gasteiger charge is 2.34. The molecule has 0 aliphatic heterocycles. The SMILES string of the molecule is C[Si](C)(C)C1=CC([Si](C)(C)C)=CC2(C=C1)CCCC2. The quantitative estimate of drug-likeness (QED) is 0.570. The van der Waals surface area contributed by atoms with Crippen LogP contribution in [0.25, 0.3) is 0 Å². The Morgan fingerprint density at radius 2 is 1.37 bits per heavy atom. The second kappa shape index (κ2) is 4.89. The van der Waals surface area contributed by atoms with Gasteiger partial charge in [-0.15, -0.1) is 0 Å². The summed E-state index contributed by atoms with van der Waals surface area (Å²) in [4.78, 5) is 0. The maximum Gasteiger partial charge on any atom is 0.0775 e. The average molecular weight is 291 g/mol. The second-order valence-corrected chi connectivity index (χ2v) is 18.6. The summed E-state index contributed by atoms with van der Waals surface area (Å²) in [6.45, 7) is 14.9. The van der Waals surface area contributed by atoms with Crippen molar-refractivity contribution in [3.63, 3.8) is 0 Å². The van der Waals surface area contributed by atoms with Crippen LogP contribution in [0.3, 0.4) is 0 Å². The maximum atomic E-state index is 2.66. The van der Waals surface area contributed by atoms with Gasteiger partial charge in [-0.25, -0.2) is 0 Å². The van der Waals surface area contributed by atoms with Crippen molar-refractivity contribution in [3.05, 3.63) is 34.7 Å². The second-order valence-electron chi connectivity index (χ2n) is 8.47. The first-order valence-electron chi connectivity index (χ1n) is 7.77. The van der Waals surface area contributed by atoms with Crippen molar-refractivity contribution in [3.8, 4) is 0 Å². The Labute approximate surface area is 121 Å². The molecule has 2 aliphatic rings. The summed E-state index contributed by atoms with van der Waals surface area (Å²) in [6, 6.07) is 0. The third-order valence-corrected chi connectivity index (χ3v) is 8.68. The van der Waals surface area contributed by atoms with Gasteiger partial charge in [-0.3, -0.25) is 0 Å². The molecule has 0 aromatic rings. The molecule has 0 bridgehead atoms. The van der Waals surface area contributed by atoms with Gasteiger partial charge in [0.15, 0.2) is 0 Å². The van der Waals surface area contributed by atoms with E-state index in [4.69, 9.17) is 0 Å². The molecule has 0 N–H and O–H groups in total. The highest BCUT2D eigenvalue weighted by molar-refractivity contribution is 6.86. The van der Waals surface area contributed by atoms with Gasteiger partial charge < -0.3 is 0 Å². The van der Waals surface area contributed by atoms with E-state index in [1.807, 2.05) is 0 Å². The topological polar surface area (TPSA) is 0 Å². The molecule has 0 aromatic carbocycles. The molecule has 0 aromatic heterocycles. The van der Waals surface area contributed by atoms with Crippen LogP contribution in [-0.2, 0) is 0 Å². The van der Waals surface area contributed by atoms with Gasteiger partial charge in [-0.2, -0.15) is 0 Å². The van der Waals surface area contributed by atoms with Crippen LogP contribution in [0, 0.1) is 5.41 Å². The van der Waals surface area contributed by atoms with E-state index in [2.05, 4.69) is 63.6 Å². The first-order chi connectivity index (χ1) is 8.62. The van der Waals surface area contributed by atoms with Gasteiger partial charge in [-0.1, -0.05) is 86.8 Å². The lowest BCUT2D eigenvalue weighted by molar-refractivity contribution is 0.514. The van der Waals surface area contributed by atoms with Gasteiger partial charge >= 0.3 is 0 Å². The van der Waals surface area contributed by atoms with E-state index < -0.39 is 16.1 Å². The molecule has 0 heterocycles. The van der Waals surface area contributed by atoms with Crippen molar-refractivity contribution in [1.29, 1.82) is 0 Å². The smallest absolute Gasteiger partial charge is 0.0753 e. The number of allylic oxidation sites excluding steroid dienone is 6. The molecule has 2 heteroatoms. The van der Waals surface area contributed by atoms with E-state index in [0.717, 1.165) is 0 Å². The van der Waals surface area contributed by atoms with Gasteiger partial charge in [0.05, 0.1) is 16.1 Å². The van der Waals surface area contributed by atoms with Gasteiger partial charge in [0, 0.05) is 5.41 Å². The largest absolute Gasteiger partial charge is 0.0775 e. The Bertz CT molecular complexity index is 433. The molecule has 0 saturated heterocycles. The molecule has 0 amide bonds. The average Bonchev–Trinajstić information content (AvgIpc) is 2.56. The highest BCUT2D eigenvalue weighted by Crippen LogP contribution is 2.44. The van der Waals surface area contributed by atoms with E-state index >= 15 is 0 Å². The van der Waals surface area contributed by atoms with Gasteiger partial charge in [0.25, 0.3) is 0 Å². The molecule has 19 heavy (non-hydrogen) atoms. The van der Waals surface area contributed by atoms with Crippen LogP contribution < -0.4 is 0 Å².